The molecule has 0 heterocycles. The Morgan fingerprint density at radius 3 is 2.66 bits per heavy atom. The molecule has 152 valence electrons. The van der Waals surface area contributed by atoms with Crippen LogP contribution in [0.15, 0.2) is 64.8 Å². The summed E-state index contributed by atoms with van der Waals surface area (Å²) in [6.07, 6.45) is 1.63. The first-order chi connectivity index (χ1) is 14.0. The van der Waals surface area contributed by atoms with E-state index in [0.717, 1.165) is 16.7 Å². The van der Waals surface area contributed by atoms with Gasteiger partial charge in [0.1, 0.15) is 18.2 Å². The van der Waals surface area contributed by atoms with Crippen LogP contribution in [-0.4, -0.2) is 25.8 Å². The third-order valence-corrected chi connectivity index (χ3v) is 4.05. The van der Waals surface area contributed by atoms with Crippen LogP contribution in [0, 0.1) is 0 Å². The summed E-state index contributed by atoms with van der Waals surface area (Å²) in [5, 5.41) is 6.38. The second-order valence-electron chi connectivity index (χ2n) is 5.79. The molecule has 0 saturated heterocycles. The number of hydrogen-bond acceptors (Lipinski definition) is 5. The van der Waals surface area contributed by atoms with Crippen LogP contribution in [0.4, 0.5) is 0 Å². The number of nitrogens with one attached hydrogen (secondary N) is 2. The number of hydrogen-bond donors (Lipinski definition) is 2. The molecule has 0 aliphatic heterocycles. The monoisotopic (exact) mass is 433 g/mol. The minimum atomic E-state index is -0.362. The zero-order chi connectivity index (χ0) is 21.2. The van der Waals surface area contributed by atoms with E-state index >= 15 is 0 Å². The number of rotatable bonds is 9. The minimum absolute atomic E-state index is 0.158. The van der Waals surface area contributed by atoms with Gasteiger partial charge < -0.3 is 10.2 Å². The molecule has 2 aromatic rings. The van der Waals surface area contributed by atoms with E-state index in [-0.39, 0.29) is 22.7 Å². The molecular formula is C21H21Cl2N3O3. The Hall–Kier alpha value is -2.80. The van der Waals surface area contributed by atoms with E-state index < -0.39 is 0 Å². The highest BCUT2D eigenvalue weighted by Crippen LogP contribution is 2.18. The van der Waals surface area contributed by atoms with Gasteiger partial charge >= 0.3 is 0 Å². The number of halogens is 2. The van der Waals surface area contributed by atoms with Crippen LogP contribution in [0.1, 0.15) is 22.3 Å². The molecule has 1 amide bonds. The maximum absolute atomic E-state index is 12.1. The summed E-state index contributed by atoms with van der Waals surface area (Å²) in [6.45, 7) is 4.14. The molecule has 0 unspecified atom stereocenters. The quantitative estimate of drug-likeness (QED) is 0.457. The Morgan fingerprint density at radius 2 is 1.97 bits per heavy atom. The van der Waals surface area contributed by atoms with Gasteiger partial charge in [-0.3, -0.25) is 15.1 Å². The summed E-state index contributed by atoms with van der Waals surface area (Å²) < 4.78 is 0.165. The van der Waals surface area contributed by atoms with Crippen LogP contribution in [0.5, 0.6) is 0 Å². The number of benzene rings is 2. The van der Waals surface area contributed by atoms with Crippen molar-refractivity contribution in [3.8, 4) is 0 Å². The second kappa shape index (κ2) is 11.3. The normalized spacial score (nSPS) is 10.8. The largest absolute Gasteiger partial charge is 0.398 e. The fourth-order valence-electron chi connectivity index (χ4n) is 2.50. The van der Waals surface area contributed by atoms with Crippen LogP contribution in [0.3, 0.4) is 0 Å². The molecule has 2 rings (SSSR count). The van der Waals surface area contributed by atoms with E-state index in [1.807, 2.05) is 36.4 Å². The lowest BCUT2D eigenvalue weighted by Gasteiger charge is -2.13. The predicted molar refractivity (Wildman–Crippen MR) is 117 cm³/mol. The molecule has 0 atom stereocenters. The van der Waals surface area contributed by atoms with Crippen LogP contribution in [0.2, 0.25) is 0 Å². The number of carbonyl (C=O) groups excluding carboxylic acids is 1. The van der Waals surface area contributed by atoms with Crippen molar-refractivity contribution < 1.29 is 14.5 Å². The second-order valence-corrected chi connectivity index (χ2v) is 6.80. The fourth-order valence-corrected chi connectivity index (χ4v) is 2.75. The summed E-state index contributed by atoms with van der Waals surface area (Å²) in [7, 11) is 2.91. The first-order valence-electron chi connectivity index (χ1n) is 8.57. The summed E-state index contributed by atoms with van der Waals surface area (Å²) in [5.41, 5.74) is 6.53. The van der Waals surface area contributed by atoms with Gasteiger partial charge in [-0.05, 0) is 28.8 Å². The van der Waals surface area contributed by atoms with Gasteiger partial charge in [-0.1, -0.05) is 77.4 Å². The molecular weight excluding hydrogens is 413 g/mol. The lowest BCUT2D eigenvalue weighted by molar-refractivity contribution is -0.114. The van der Waals surface area contributed by atoms with Gasteiger partial charge in [0, 0.05) is 12.6 Å². The smallest absolute Gasteiger partial charge is 0.273 e. The first-order valence-corrected chi connectivity index (χ1v) is 9.33. The number of amides is 1. The molecule has 0 aliphatic carbocycles. The third-order valence-electron chi connectivity index (χ3n) is 3.83. The molecule has 29 heavy (non-hydrogen) atoms. The number of hydroxylamine groups is 1. The average molecular weight is 434 g/mol. The Balaban J connectivity index is 2.10. The van der Waals surface area contributed by atoms with Gasteiger partial charge in [0.15, 0.2) is 5.71 Å². The molecule has 0 spiro atoms. The van der Waals surface area contributed by atoms with Gasteiger partial charge in [-0.15, -0.1) is 0 Å². The fraction of sp³-hybridized carbons (Fsp3) is 0.143. The van der Waals surface area contributed by atoms with E-state index in [1.165, 1.54) is 14.2 Å². The molecule has 0 saturated carbocycles. The van der Waals surface area contributed by atoms with Crippen molar-refractivity contribution in [2.45, 2.75) is 6.61 Å². The van der Waals surface area contributed by atoms with Gasteiger partial charge in [0.2, 0.25) is 0 Å². The molecule has 0 aromatic heterocycles. The lowest BCUT2D eigenvalue weighted by Crippen LogP contribution is -2.29. The Bertz CT molecular complexity index is 938. The van der Waals surface area contributed by atoms with E-state index in [1.54, 1.807) is 18.2 Å². The third kappa shape index (κ3) is 6.64. The number of nitrogens with zero attached hydrogens (tertiary/aromatic N) is 1. The van der Waals surface area contributed by atoms with Crippen molar-refractivity contribution in [3.63, 3.8) is 0 Å². The van der Waals surface area contributed by atoms with Crippen molar-refractivity contribution in [2.75, 3.05) is 14.2 Å². The van der Waals surface area contributed by atoms with Crippen molar-refractivity contribution in [3.05, 3.63) is 81.9 Å². The topological polar surface area (TPSA) is 71.9 Å². The number of likely N-dealkylation sites (N-methyl/N-ethyl adjacent to an activating group) is 1. The van der Waals surface area contributed by atoms with Crippen LogP contribution in [0.25, 0.3) is 11.8 Å². The lowest BCUT2D eigenvalue weighted by atomic mass is 10.0. The predicted octanol–water partition coefficient (Wildman–Crippen LogP) is 4.25. The molecule has 6 nitrogen and oxygen atoms in total. The number of carbonyl (C=O) groups is 1. The van der Waals surface area contributed by atoms with Gasteiger partial charge in [0.25, 0.3) is 5.91 Å². The Morgan fingerprint density at radius 1 is 1.21 bits per heavy atom. The summed E-state index contributed by atoms with van der Waals surface area (Å²) in [5.74, 6) is -0.362. The summed E-state index contributed by atoms with van der Waals surface area (Å²) in [4.78, 5) is 22.5. The maximum atomic E-state index is 12.1. The van der Waals surface area contributed by atoms with Crippen LogP contribution >= 0.6 is 23.2 Å². The Labute approximate surface area is 179 Å². The zero-order valence-electron chi connectivity index (χ0n) is 16.0. The van der Waals surface area contributed by atoms with E-state index in [4.69, 9.17) is 32.9 Å². The van der Waals surface area contributed by atoms with Crippen molar-refractivity contribution in [2.24, 2.45) is 5.16 Å². The maximum Gasteiger partial charge on any atom is 0.273 e. The van der Waals surface area contributed by atoms with Crippen molar-refractivity contribution in [1.82, 2.24) is 10.8 Å². The molecule has 2 aromatic carbocycles. The van der Waals surface area contributed by atoms with Crippen LogP contribution < -0.4 is 10.8 Å². The minimum Gasteiger partial charge on any atom is -0.398 e. The molecule has 0 fully saturated rings. The van der Waals surface area contributed by atoms with Gasteiger partial charge in [-0.25, -0.2) is 0 Å². The highest BCUT2D eigenvalue weighted by atomic mass is 35.5. The summed E-state index contributed by atoms with van der Waals surface area (Å²) >= 11 is 11.4. The highest BCUT2D eigenvalue weighted by Gasteiger charge is 2.17. The highest BCUT2D eigenvalue weighted by molar-refractivity contribution is 6.57. The summed E-state index contributed by atoms with van der Waals surface area (Å²) in [6, 6.07) is 14.7. The van der Waals surface area contributed by atoms with E-state index in [9.17, 15) is 4.79 Å². The van der Waals surface area contributed by atoms with Gasteiger partial charge in [0.05, 0.1) is 5.70 Å². The standard InChI is InChI=1S/C21H21Cl2N3O3/c1-14(16-9-6-7-15(11-16)12-19(22)23)25-29-13-17-8-4-5-10-18(17)20(26-28-3)21(27)24-2/h4-12,25H,1,13H2,2-3H3,(H,24,27). The molecule has 8 heteroatoms. The van der Waals surface area contributed by atoms with Crippen molar-refractivity contribution >= 4 is 46.6 Å². The molecule has 0 aliphatic rings. The Kier molecular flexibility index (Phi) is 8.73. The first kappa shape index (κ1) is 22.5. The number of oxime groups is 1. The van der Waals surface area contributed by atoms with E-state index in [0.29, 0.717) is 11.3 Å². The molecule has 0 radical (unpaired) electrons. The molecule has 0 bridgehead atoms. The van der Waals surface area contributed by atoms with Crippen LogP contribution in [-0.2, 0) is 21.1 Å². The van der Waals surface area contributed by atoms with Gasteiger partial charge in [-0.2, -0.15) is 0 Å². The SMILES string of the molecule is C=C(NOCc1ccccc1C(=NOC)C(=O)NC)c1cccc(C=C(Cl)Cl)c1. The molecule has 2 N–H and O–H groups in total. The zero-order valence-corrected chi connectivity index (χ0v) is 17.6. The average Bonchev–Trinajstić information content (AvgIpc) is 2.71. The van der Waals surface area contributed by atoms with E-state index in [2.05, 4.69) is 22.5 Å². The van der Waals surface area contributed by atoms with Crippen molar-refractivity contribution in [1.29, 1.82) is 0 Å².